The van der Waals surface area contributed by atoms with Crippen LogP contribution in [0.15, 0.2) is 5.38 Å². The van der Waals surface area contributed by atoms with Crippen molar-refractivity contribution in [3.63, 3.8) is 0 Å². The fourth-order valence-electron chi connectivity index (χ4n) is 0.870. The second kappa shape index (κ2) is 2.43. The van der Waals surface area contributed by atoms with Gasteiger partial charge < -0.3 is 0 Å². The quantitative estimate of drug-likeness (QED) is 0.587. The first-order valence-electron chi connectivity index (χ1n) is 3.06. The van der Waals surface area contributed by atoms with Gasteiger partial charge in [-0.25, -0.2) is 9.97 Å². The Kier molecular flexibility index (Phi) is 1.55. The van der Waals surface area contributed by atoms with Crippen molar-refractivity contribution in [3.8, 4) is 0 Å². The molecule has 2 heterocycles. The van der Waals surface area contributed by atoms with E-state index >= 15 is 0 Å². The summed E-state index contributed by atoms with van der Waals surface area (Å²) in [6.07, 6.45) is 2.81. The van der Waals surface area contributed by atoms with Gasteiger partial charge in [0.05, 0.1) is 10.2 Å². The summed E-state index contributed by atoms with van der Waals surface area (Å²) < 4.78 is 0.965. The molecule has 2 rings (SSSR count). The summed E-state index contributed by atoms with van der Waals surface area (Å²) in [5, 5.41) is 2.28. The summed E-state index contributed by atoms with van der Waals surface area (Å²) in [5.41, 5.74) is 2.04. The van der Waals surface area contributed by atoms with E-state index in [9.17, 15) is 0 Å². The van der Waals surface area contributed by atoms with Crippen molar-refractivity contribution in [3.05, 3.63) is 22.4 Å². The molecule has 0 amide bonds. The molecule has 2 nitrogen and oxygen atoms in total. The van der Waals surface area contributed by atoms with Crippen LogP contribution >= 0.6 is 22.9 Å². The third-order valence-corrected chi connectivity index (χ3v) is 2.56. The number of hydrogen-bond acceptors (Lipinski definition) is 3. The Labute approximate surface area is 72.9 Å². The standard InChI is InChI=1S/C7H4ClN2S/c1-4-3-11-5-2-9-7(8)10-6(4)5/h3H,1H3. The first kappa shape index (κ1) is 7.00. The van der Waals surface area contributed by atoms with E-state index in [1.165, 1.54) is 0 Å². The number of nitrogens with zero attached hydrogens (tertiary/aromatic N) is 2. The van der Waals surface area contributed by atoms with E-state index in [0.717, 1.165) is 15.8 Å². The number of rotatable bonds is 0. The Bertz CT molecular complexity index is 396. The van der Waals surface area contributed by atoms with Crippen molar-refractivity contribution in [2.75, 3.05) is 0 Å². The molecule has 2 aromatic rings. The zero-order chi connectivity index (χ0) is 7.84. The monoisotopic (exact) mass is 183 g/mol. The van der Waals surface area contributed by atoms with Gasteiger partial charge in [-0.2, -0.15) is 0 Å². The van der Waals surface area contributed by atoms with Gasteiger partial charge in [-0.05, 0) is 29.5 Å². The SMILES string of the molecule is Cc1csc2[c]nc(Cl)nc12. The molecule has 0 N–H and O–H groups in total. The number of hydrogen-bond donors (Lipinski definition) is 0. The lowest BCUT2D eigenvalue weighted by atomic mass is 10.3. The summed E-state index contributed by atoms with van der Waals surface area (Å²) in [6, 6.07) is 0. The van der Waals surface area contributed by atoms with E-state index in [0.29, 0.717) is 0 Å². The molecule has 55 valence electrons. The molecule has 0 aliphatic carbocycles. The molecular weight excluding hydrogens is 180 g/mol. The third-order valence-electron chi connectivity index (χ3n) is 1.40. The van der Waals surface area contributed by atoms with Gasteiger partial charge in [-0.3, -0.25) is 0 Å². The zero-order valence-electron chi connectivity index (χ0n) is 5.76. The number of fused-ring (bicyclic) bond motifs is 1. The van der Waals surface area contributed by atoms with Gasteiger partial charge >= 0.3 is 0 Å². The number of aromatic nitrogens is 2. The summed E-state index contributed by atoms with van der Waals surface area (Å²) in [7, 11) is 0. The molecule has 1 radical (unpaired) electrons. The molecule has 0 saturated carbocycles. The van der Waals surface area contributed by atoms with Crippen LogP contribution < -0.4 is 0 Å². The van der Waals surface area contributed by atoms with Crippen molar-refractivity contribution in [2.45, 2.75) is 6.92 Å². The van der Waals surface area contributed by atoms with Crippen LogP contribution in [0, 0.1) is 13.1 Å². The molecule has 0 aliphatic heterocycles. The molecule has 0 unspecified atom stereocenters. The number of aryl methyl sites for hydroxylation is 1. The molecule has 0 aromatic carbocycles. The molecule has 0 saturated heterocycles. The summed E-state index contributed by atoms with van der Waals surface area (Å²) in [4.78, 5) is 7.83. The molecule has 2 aromatic heterocycles. The molecular formula is C7H4ClN2S. The highest BCUT2D eigenvalue weighted by molar-refractivity contribution is 7.17. The second-order valence-electron chi connectivity index (χ2n) is 2.20. The molecule has 0 aliphatic rings. The first-order chi connectivity index (χ1) is 5.27. The van der Waals surface area contributed by atoms with Crippen LogP contribution in [0.4, 0.5) is 0 Å². The lowest BCUT2D eigenvalue weighted by Gasteiger charge is -1.88. The predicted octanol–water partition coefficient (Wildman–Crippen LogP) is 2.45. The van der Waals surface area contributed by atoms with E-state index < -0.39 is 0 Å². The Balaban J connectivity index is 2.87. The van der Waals surface area contributed by atoms with Gasteiger partial charge in [0.2, 0.25) is 5.28 Å². The Hall–Kier alpha value is -0.670. The van der Waals surface area contributed by atoms with Crippen LogP contribution in [-0.2, 0) is 0 Å². The number of halogens is 1. The highest BCUT2D eigenvalue weighted by Crippen LogP contribution is 2.22. The van der Waals surface area contributed by atoms with Crippen LogP contribution in [0.2, 0.25) is 5.28 Å². The molecule has 4 heteroatoms. The highest BCUT2D eigenvalue weighted by atomic mass is 35.5. The third kappa shape index (κ3) is 1.10. The van der Waals surface area contributed by atoms with E-state index in [1.54, 1.807) is 11.3 Å². The maximum Gasteiger partial charge on any atom is 0.223 e. The van der Waals surface area contributed by atoms with Crippen molar-refractivity contribution in [2.24, 2.45) is 0 Å². The van der Waals surface area contributed by atoms with Crippen molar-refractivity contribution in [1.82, 2.24) is 9.97 Å². The van der Waals surface area contributed by atoms with Crippen molar-refractivity contribution >= 4 is 33.2 Å². The minimum absolute atomic E-state index is 0.263. The molecule has 0 fully saturated rings. The molecule has 0 bridgehead atoms. The van der Waals surface area contributed by atoms with Crippen LogP contribution in [0.5, 0.6) is 0 Å². The van der Waals surface area contributed by atoms with Gasteiger partial charge in [0, 0.05) is 0 Å². The summed E-state index contributed by atoms with van der Waals surface area (Å²) in [5.74, 6) is 0. The predicted molar refractivity (Wildman–Crippen MR) is 46.0 cm³/mol. The lowest BCUT2D eigenvalue weighted by Crippen LogP contribution is -1.81. The lowest BCUT2D eigenvalue weighted by molar-refractivity contribution is 1.21. The van der Waals surface area contributed by atoms with Gasteiger partial charge in [-0.15, -0.1) is 11.3 Å². The second-order valence-corrected chi connectivity index (χ2v) is 3.42. The van der Waals surface area contributed by atoms with E-state index in [2.05, 4.69) is 16.2 Å². The van der Waals surface area contributed by atoms with E-state index in [1.807, 2.05) is 12.3 Å². The molecule has 0 spiro atoms. The van der Waals surface area contributed by atoms with Crippen LogP contribution in [0.25, 0.3) is 10.2 Å². The summed E-state index contributed by atoms with van der Waals surface area (Å²) in [6.45, 7) is 2.00. The van der Waals surface area contributed by atoms with Crippen LogP contribution in [0.3, 0.4) is 0 Å². The average molecular weight is 184 g/mol. The van der Waals surface area contributed by atoms with Crippen molar-refractivity contribution in [1.29, 1.82) is 0 Å². The largest absolute Gasteiger partial charge is 0.223 e. The highest BCUT2D eigenvalue weighted by Gasteiger charge is 2.02. The smallest absolute Gasteiger partial charge is 0.217 e. The summed E-state index contributed by atoms with van der Waals surface area (Å²) >= 11 is 7.18. The van der Waals surface area contributed by atoms with Crippen molar-refractivity contribution < 1.29 is 0 Å². The fraction of sp³-hybridized carbons (Fsp3) is 0.143. The topological polar surface area (TPSA) is 25.8 Å². The Morgan fingerprint density at radius 1 is 1.64 bits per heavy atom. The van der Waals surface area contributed by atoms with Gasteiger partial charge in [-0.1, -0.05) is 0 Å². The van der Waals surface area contributed by atoms with Gasteiger partial charge in [0.1, 0.15) is 6.20 Å². The molecule has 0 atom stereocenters. The first-order valence-corrected chi connectivity index (χ1v) is 4.32. The zero-order valence-corrected chi connectivity index (χ0v) is 7.33. The fourth-order valence-corrected chi connectivity index (χ4v) is 1.82. The van der Waals surface area contributed by atoms with Gasteiger partial charge in [0.25, 0.3) is 0 Å². The molecule has 11 heavy (non-hydrogen) atoms. The maximum atomic E-state index is 5.60. The number of thiophene rings is 1. The Morgan fingerprint density at radius 2 is 2.45 bits per heavy atom. The van der Waals surface area contributed by atoms with Gasteiger partial charge in [0.15, 0.2) is 0 Å². The maximum absolute atomic E-state index is 5.60. The Morgan fingerprint density at radius 3 is 3.27 bits per heavy atom. The van der Waals surface area contributed by atoms with Crippen LogP contribution in [0.1, 0.15) is 5.56 Å². The minimum atomic E-state index is 0.263. The minimum Gasteiger partial charge on any atom is -0.217 e. The average Bonchev–Trinajstić information content (AvgIpc) is 2.33. The van der Waals surface area contributed by atoms with E-state index in [-0.39, 0.29) is 5.28 Å². The van der Waals surface area contributed by atoms with E-state index in [4.69, 9.17) is 11.6 Å². The van der Waals surface area contributed by atoms with Crippen LogP contribution in [-0.4, -0.2) is 9.97 Å². The normalized spacial score (nSPS) is 10.7.